The van der Waals surface area contributed by atoms with Crippen LogP contribution in [0.2, 0.25) is 0 Å². The zero-order valence-corrected chi connectivity index (χ0v) is 16.4. The van der Waals surface area contributed by atoms with Gasteiger partial charge in [0.1, 0.15) is 11.6 Å². The number of nitrogens with one attached hydrogen (secondary N) is 1. The Labute approximate surface area is 169 Å². The Morgan fingerprint density at radius 2 is 2.00 bits per heavy atom. The summed E-state index contributed by atoms with van der Waals surface area (Å²) in [5.41, 5.74) is 0.0319. The molecule has 0 saturated heterocycles. The van der Waals surface area contributed by atoms with Crippen LogP contribution in [0.3, 0.4) is 0 Å². The highest BCUT2D eigenvalue weighted by Gasteiger charge is 2.27. The molecule has 1 saturated carbocycles. The summed E-state index contributed by atoms with van der Waals surface area (Å²) < 4.78 is 60.9. The van der Waals surface area contributed by atoms with E-state index in [0.29, 0.717) is 23.7 Å². The lowest BCUT2D eigenvalue weighted by atomic mass is 10.2. The molecule has 156 valence electrons. The van der Waals surface area contributed by atoms with Crippen LogP contribution in [0.1, 0.15) is 34.8 Å². The second-order valence-electron chi connectivity index (χ2n) is 6.63. The van der Waals surface area contributed by atoms with Gasteiger partial charge in [0.25, 0.3) is 10.0 Å². The summed E-state index contributed by atoms with van der Waals surface area (Å²) >= 11 is 0. The van der Waals surface area contributed by atoms with Crippen LogP contribution in [0.15, 0.2) is 41.7 Å². The number of esters is 1. The molecule has 1 fully saturated rings. The van der Waals surface area contributed by atoms with Crippen LogP contribution in [-0.4, -0.2) is 41.5 Å². The number of anilines is 1. The van der Waals surface area contributed by atoms with Gasteiger partial charge in [-0.05, 0) is 31.0 Å². The number of benzene rings is 1. The molecule has 0 unspecified atom stereocenters. The molecule has 2 aromatic heterocycles. The number of sulfonamides is 1. The van der Waals surface area contributed by atoms with Crippen LogP contribution in [0.5, 0.6) is 0 Å². The maximum absolute atomic E-state index is 14.2. The topological polar surface area (TPSA) is 116 Å². The molecule has 0 bridgehead atoms. The van der Waals surface area contributed by atoms with Crippen molar-refractivity contribution in [2.24, 2.45) is 0 Å². The fourth-order valence-electron chi connectivity index (χ4n) is 2.72. The first-order valence-corrected chi connectivity index (χ1v) is 10.3. The number of pyridine rings is 1. The Morgan fingerprint density at radius 1 is 1.23 bits per heavy atom. The van der Waals surface area contributed by atoms with Gasteiger partial charge in [-0.25, -0.2) is 23.2 Å². The van der Waals surface area contributed by atoms with Crippen molar-refractivity contribution >= 4 is 21.7 Å². The molecule has 1 aromatic carbocycles. The van der Waals surface area contributed by atoms with Crippen molar-refractivity contribution in [1.82, 2.24) is 20.0 Å². The first-order chi connectivity index (χ1) is 14.3. The number of rotatable bonds is 6. The van der Waals surface area contributed by atoms with Crippen LogP contribution in [0, 0.1) is 11.6 Å². The van der Waals surface area contributed by atoms with E-state index >= 15 is 0 Å². The number of hydrogen-bond acceptors (Lipinski definition) is 7. The average Bonchev–Trinajstić information content (AvgIpc) is 3.46. The lowest BCUT2D eigenvalue weighted by molar-refractivity contribution is 0.0595. The third-order valence-corrected chi connectivity index (χ3v) is 5.75. The van der Waals surface area contributed by atoms with E-state index in [1.165, 1.54) is 23.0 Å². The molecular formula is C18H15F2N5O4S. The van der Waals surface area contributed by atoms with Crippen LogP contribution in [0.25, 0.3) is 5.69 Å². The Hall–Kier alpha value is -3.41. The van der Waals surface area contributed by atoms with Crippen molar-refractivity contribution in [3.63, 3.8) is 0 Å². The number of hydrogen-bond donors (Lipinski definition) is 1. The largest absolute Gasteiger partial charge is 0.465 e. The summed E-state index contributed by atoms with van der Waals surface area (Å²) in [4.78, 5) is 15.3. The molecular weight excluding hydrogens is 420 g/mol. The van der Waals surface area contributed by atoms with Gasteiger partial charge in [0.2, 0.25) is 0 Å². The normalized spacial score (nSPS) is 13.8. The highest BCUT2D eigenvalue weighted by atomic mass is 32.2. The van der Waals surface area contributed by atoms with Crippen molar-refractivity contribution in [2.45, 2.75) is 23.8 Å². The van der Waals surface area contributed by atoms with Crippen LogP contribution >= 0.6 is 0 Å². The predicted molar refractivity (Wildman–Crippen MR) is 99.6 cm³/mol. The van der Waals surface area contributed by atoms with E-state index in [4.69, 9.17) is 0 Å². The predicted octanol–water partition coefficient (Wildman–Crippen LogP) is 2.41. The highest BCUT2D eigenvalue weighted by molar-refractivity contribution is 7.92. The monoisotopic (exact) mass is 435 g/mol. The molecule has 0 radical (unpaired) electrons. The summed E-state index contributed by atoms with van der Waals surface area (Å²) in [6.07, 6.45) is 5.16. The van der Waals surface area contributed by atoms with E-state index in [-0.39, 0.29) is 0 Å². The molecule has 12 heteroatoms. The second kappa shape index (κ2) is 7.44. The van der Waals surface area contributed by atoms with Crippen LogP contribution in [-0.2, 0) is 14.8 Å². The summed E-state index contributed by atoms with van der Waals surface area (Å²) in [6.45, 7) is 0. The Balaban J connectivity index is 1.56. The van der Waals surface area contributed by atoms with E-state index in [1.54, 1.807) is 6.20 Å². The lowest BCUT2D eigenvalue weighted by Crippen LogP contribution is -2.16. The Morgan fingerprint density at radius 3 is 2.63 bits per heavy atom. The van der Waals surface area contributed by atoms with Crippen molar-refractivity contribution in [3.8, 4) is 5.69 Å². The maximum atomic E-state index is 14.2. The Bertz CT molecular complexity index is 1220. The summed E-state index contributed by atoms with van der Waals surface area (Å²) in [5.74, 6) is -2.96. The molecule has 1 N–H and O–H groups in total. The molecule has 1 aliphatic rings. The summed E-state index contributed by atoms with van der Waals surface area (Å²) in [7, 11) is -3.31. The van der Waals surface area contributed by atoms with Gasteiger partial charge in [-0.2, -0.15) is 8.42 Å². The summed E-state index contributed by atoms with van der Waals surface area (Å²) in [5, 5.41) is 7.65. The fourth-order valence-corrected chi connectivity index (χ4v) is 3.71. The van der Waals surface area contributed by atoms with Gasteiger partial charge in [-0.15, -0.1) is 5.10 Å². The first kappa shape index (κ1) is 19.9. The number of halogens is 2. The summed E-state index contributed by atoms with van der Waals surface area (Å²) in [6, 6.07) is 3.78. The minimum atomic E-state index is -4.32. The maximum Gasteiger partial charge on any atom is 0.340 e. The number of methoxy groups -OCH3 is 1. The first-order valence-electron chi connectivity index (χ1n) is 8.77. The van der Waals surface area contributed by atoms with Gasteiger partial charge in [-0.1, -0.05) is 5.21 Å². The quantitative estimate of drug-likeness (QED) is 0.591. The molecule has 30 heavy (non-hydrogen) atoms. The Kier molecular flexibility index (Phi) is 4.94. The van der Waals surface area contributed by atoms with Crippen LogP contribution in [0.4, 0.5) is 14.5 Å². The molecule has 0 aliphatic heterocycles. The molecule has 1 aliphatic carbocycles. The standard InChI is InChI=1S/C18H15F2N5O4S/c1-29-18(26)12-6-14(20)15(7-13(12)19)23-30(27,28)17-5-4-11(8-21-17)25-9-16(22-24-25)10-2-3-10/h4-10,23H,2-3H2,1H3. The third kappa shape index (κ3) is 3.85. The smallest absolute Gasteiger partial charge is 0.340 e. The fraction of sp³-hybridized carbons (Fsp3) is 0.222. The van der Waals surface area contributed by atoms with E-state index in [2.05, 4.69) is 20.0 Å². The number of nitrogens with zero attached hydrogens (tertiary/aromatic N) is 4. The number of aromatic nitrogens is 4. The minimum absolute atomic E-state index is 0.411. The lowest BCUT2D eigenvalue weighted by Gasteiger charge is -2.10. The van der Waals surface area contributed by atoms with Gasteiger partial charge in [0.15, 0.2) is 5.03 Å². The van der Waals surface area contributed by atoms with Crippen molar-refractivity contribution in [3.05, 3.63) is 59.6 Å². The molecule has 3 aromatic rings. The van der Waals surface area contributed by atoms with E-state index in [0.717, 1.165) is 25.6 Å². The molecule has 2 heterocycles. The van der Waals surface area contributed by atoms with Crippen molar-refractivity contribution in [1.29, 1.82) is 0 Å². The average molecular weight is 435 g/mol. The SMILES string of the molecule is COC(=O)c1cc(F)c(NS(=O)(=O)c2ccc(-n3cc(C4CC4)nn3)cn2)cc1F. The third-order valence-electron chi connectivity index (χ3n) is 4.47. The van der Waals surface area contributed by atoms with Gasteiger partial charge in [0.05, 0.1) is 42.1 Å². The number of carbonyl (C=O) groups is 1. The second-order valence-corrected chi connectivity index (χ2v) is 8.26. The van der Waals surface area contributed by atoms with Gasteiger partial charge in [-0.3, -0.25) is 4.72 Å². The zero-order chi connectivity index (χ0) is 21.5. The number of ether oxygens (including phenoxy) is 1. The molecule has 4 rings (SSSR count). The zero-order valence-electron chi connectivity index (χ0n) is 15.5. The minimum Gasteiger partial charge on any atom is -0.465 e. The molecule has 0 atom stereocenters. The van der Waals surface area contributed by atoms with Crippen molar-refractivity contribution in [2.75, 3.05) is 11.8 Å². The van der Waals surface area contributed by atoms with Crippen LogP contribution < -0.4 is 4.72 Å². The van der Waals surface area contributed by atoms with E-state index in [9.17, 15) is 22.0 Å². The van der Waals surface area contributed by atoms with Crippen molar-refractivity contribution < 1.29 is 26.7 Å². The highest BCUT2D eigenvalue weighted by Crippen LogP contribution is 2.38. The van der Waals surface area contributed by atoms with Gasteiger partial charge < -0.3 is 4.74 Å². The molecule has 0 spiro atoms. The van der Waals surface area contributed by atoms with Gasteiger partial charge in [0, 0.05) is 12.0 Å². The molecule has 0 amide bonds. The molecule has 9 nitrogen and oxygen atoms in total. The number of carbonyl (C=O) groups excluding carboxylic acids is 1. The van der Waals surface area contributed by atoms with Gasteiger partial charge >= 0.3 is 5.97 Å². The van der Waals surface area contributed by atoms with E-state index in [1.807, 2.05) is 4.72 Å². The van der Waals surface area contributed by atoms with E-state index < -0.39 is 43.9 Å².